The van der Waals surface area contributed by atoms with Crippen molar-refractivity contribution >= 4 is 47.4 Å². The fourth-order valence-electron chi connectivity index (χ4n) is 2.67. The molecule has 0 radical (unpaired) electrons. The van der Waals surface area contributed by atoms with Crippen LogP contribution in [0.15, 0.2) is 41.6 Å². The Labute approximate surface area is 202 Å². The normalized spacial score (nSPS) is 10.6. The third kappa shape index (κ3) is 7.73. The number of ether oxygens (including phenoxy) is 2. The number of aromatic nitrogens is 4. The largest absolute Gasteiger partial charge is 0.493 e. The van der Waals surface area contributed by atoms with E-state index in [4.69, 9.17) is 32.7 Å². The Morgan fingerprint density at radius 2 is 1.87 bits per heavy atom. The van der Waals surface area contributed by atoms with Crippen LogP contribution in [0.5, 0.6) is 11.5 Å². The van der Waals surface area contributed by atoms with E-state index in [9.17, 15) is 0 Å². The molecule has 0 aliphatic heterocycles. The van der Waals surface area contributed by atoms with Gasteiger partial charge in [-0.25, -0.2) is 4.68 Å². The standard InChI is InChI=1S/C20H23Cl2N5O2S.ClH/c1-27-20(24-25-26-27)30-9-3-8-23-12-14-5-7-18(19(11-14)28-2)29-13-15-4-6-16(21)17(22)10-15;/h4-7,10-11,23H,3,8-9,12-13H2,1-2H3;1H. The zero-order valence-corrected chi connectivity index (χ0v) is 20.3. The monoisotopic (exact) mass is 503 g/mol. The third-order valence-corrected chi connectivity index (χ3v) is 6.08. The van der Waals surface area contributed by atoms with Crippen molar-refractivity contribution in [3.05, 3.63) is 57.6 Å². The average Bonchev–Trinajstić information content (AvgIpc) is 3.16. The zero-order valence-electron chi connectivity index (χ0n) is 17.2. The van der Waals surface area contributed by atoms with Crippen molar-refractivity contribution < 1.29 is 9.47 Å². The number of tetrazole rings is 1. The molecule has 3 aromatic rings. The Bertz CT molecular complexity index is 974. The van der Waals surface area contributed by atoms with Crippen LogP contribution in [0.1, 0.15) is 17.5 Å². The zero-order chi connectivity index (χ0) is 21.3. The minimum atomic E-state index is 0. The summed E-state index contributed by atoms with van der Waals surface area (Å²) in [5, 5.41) is 16.7. The summed E-state index contributed by atoms with van der Waals surface area (Å²) in [7, 11) is 3.48. The maximum absolute atomic E-state index is 6.06. The molecular formula is C20H24Cl3N5O2S. The Balaban J connectivity index is 0.00000341. The predicted octanol–water partition coefficient (Wildman–Crippen LogP) is 4.80. The average molecular weight is 505 g/mol. The lowest BCUT2D eigenvalue weighted by Gasteiger charge is -2.13. The van der Waals surface area contributed by atoms with Crippen LogP contribution < -0.4 is 14.8 Å². The van der Waals surface area contributed by atoms with E-state index in [-0.39, 0.29) is 12.4 Å². The molecule has 0 saturated carbocycles. The first kappa shape index (κ1) is 25.5. The topological polar surface area (TPSA) is 74.1 Å². The van der Waals surface area contributed by atoms with Gasteiger partial charge in [-0.05, 0) is 58.8 Å². The number of hydrogen-bond acceptors (Lipinski definition) is 7. The summed E-state index contributed by atoms with van der Waals surface area (Å²) in [5.74, 6) is 2.33. The van der Waals surface area contributed by atoms with Gasteiger partial charge in [-0.3, -0.25) is 0 Å². The summed E-state index contributed by atoms with van der Waals surface area (Å²) in [6.45, 7) is 2.03. The number of thioether (sulfide) groups is 1. The van der Waals surface area contributed by atoms with Crippen LogP contribution in [0.3, 0.4) is 0 Å². The van der Waals surface area contributed by atoms with E-state index in [0.29, 0.717) is 28.2 Å². The quantitative estimate of drug-likeness (QED) is 0.297. The van der Waals surface area contributed by atoms with Gasteiger partial charge in [0, 0.05) is 19.3 Å². The molecule has 0 bridgehead atoms. The molecule has 2 aromatic carbocycles. The second kappa shape index (κ2) is 13.0. The van der Waals surface area contributed by atoms with E-state index >= 15 is 0 Å². The SMILES string of the molecule is COc1cc(CNCCCSc2nnnn2C)ccc1OCc1ccc(Cl)c(Cl)c1.Cl. The lowest BCUT2D eigenvalue weighted by molar-refractivity contribution is 0.284. The van der Waals surface area contributed by atoms with E-state index < -0.39 is 0 Å². The molecule has 168 valence electrons. The van der Waals surface area contributed by atoms with Gasteiger partial charge in [-0.2, -0.15) is 0 Å². The summed E-state index contributed by atoms with van der Waals surface area (Å²) >= 11 is 13.7. The maximum Gasteiger partial charge on any atom is 0.209 e. The van der Waals surface area contributed by atoms with Crippen LogP contribution in [0.25, 0.3) is 0 Å². The minimum Gasteiger partial charge on any atom is -0.493 e. The van der Waals surface area contributed by atoms with Gasteiger partial charge >= 0.3 is 0 Å². The van der Waals surface area contributed by atoms with E-state index in [0.717, 1.165) is 41.5 Å². The van der Waals surface area contributed by atoms with E-state index in [2.05, 4.69) is 20.8 Å². The number of aryl methyl sites for hydroxylation is 1. The molecule has 31 heavy (non-hydrogen) atoms. The number of benzene rings is 2. The van der Waals surface area contributed by atoms with Gasteiger partial charge in [0.2, 0.25) is 5.16 Å². The summed E-state index contributed by atoms with van der Waals surface area (Å²) in [6, 6.07) is 11.4. The number of hydrogen-bond donors (Lipinski definition) is 1. The molecule has 0 aliphatic carbocycles. The molecule has 3 rings (SSSR count). The summed E-state index contributed by atoms with van der Waals surface area (Å²) < 4.78 is 13.1. The number of nitrogens with one attached hydrogen (secondary N) is 1. The van der Waals surface area contributed by atoms with Crippen LogP contribution in [-0.4, -0.2) is 39.6 Å². The maximum atomic E-state index is 6.06. The number of halogens is 3. The summed E-state index contributed by atoms with van der Waals surface area (Å²) in [6.07, 6.45) is 1.01. The molecular weight excluding hydrogens is 481 g/mol. The number of nitrogens with zero attached hydrogens (tertiary/aromatic N) is 4. The van der Waals surface area contributed by atoms with Crippen LogP contribution in [-0.2, 0) is 20.2 Å². The van der Waals surface area contributed by atoms with Gasteiger partial charge in [-0.1, -0.05) is 47.1 Å². The smallest absolute Gasteiger partial charge is 0.209 e. The Hall–Kier alpha value is -1.71. The number of rotatable bonds is 11. The molecule has 0 aliphatic rings. The summed E-state index contributed by atoms with van der Waals surface area (Å²) in [5.41, 5.74) is 2.06. The summed E-state index contributed by atoms with van der Waals surface area (Å²) in [4.78, 5) is 0. The van der Waals surface area contributed by atoms with Crippen molar-refractivity contribution in [1.29, 1.82) is 0 Å². The van der Waals surface area contributed by atoms with E-state index in [1.165, 1.54) is 0 Å². The van der Waals surface area contributed by atoms with Gasteiger partial charge in [0.25, 0.3) is 0 Å². The minimum absolute atomic E-state index is 0. The van der Waals surface area contributed by atoms with Gasteiger partial charge in [0.1, 0.15) is 6.61 Å². The molecule has 0 saturated heterocycles. The molecule has 1 aromatic heterocycles. The van der Waals surface area contributed by atoms with Crippen molar-refractivity contribution in [2.45, 2.75) is 24.7 Å². The molecule has 0 atom stereocenters. The molecule has 11 heteroatoms. The molecule has 0 amide bonds. The first-order valence-electron chi connectivity index (χ1n) is 9.36. The lowest BCUT2D eigenvalue weighted by atomic mass is 10.2. The fourth-order valence-corrected chi connectivity index (χ4v) is 3.78. The van der Waals surface area contributed by atoms with Crippen molar-refractivity contribution in [2.75, 3.05) is 19.4 Å². The van der Waals surface area contributed by atoms with E-state index in [1.54, 1.807) is 35.7 Å². The van der Waals surface area contributed by atoms with Crippen LogP contribution in [0.4, 0.5) is 0 Å². The molecule has 1 heterocycles. The van der Waals surface area contributed by atoms with Gasteiger partial charge in [-0.15, -0.1) is 17.5 Å². The first-order valence-corrected chi connectivity index (χ1v) is 11.1. The first-order chi connectivity index (χ1) is 14.6. The highest BCUT2D eigenvalue weighted by atomic mass is 35.5. The second-order valence-electron chi connectivity index (χ2n) is 6.49. The van der Waals surface area contributed by atoms with Crippen molar-refractivity contribution in [3.63, 3.8) is 0 Å². The van der Waals surface area contributed by atoms with Crippen LogP contribution in [0, 0.1) is 0 Å². The van der Waals surface area contributed by atoms with Crippen molar-refractivity contribution in [2.24, 2.45) is 7.05 Å². The van der Waals surface area contributed by atoms with Gasteiger partial charge < -0.3 is 14.8 Å². The van der Waals surface area contributed by atoms with E-state index in [1.807, 2.05) is 31.3 Å². The Morgan fingerprint density at radius 3 is 2.58 bits per heavy atom. The van der Waals surface area contributed by atoms with Gasteiger partial charge in [0.15, 0.2) is 11.5 Å². The Morgan fingerprint density at radius 1 is 1.06 bits per heavy atom. The number of methoxy groups -OCH3 is 1. The van der Waals surface area contributed by atoms with Crippen LogP contribution >= 0.6 is 47.4 Å². The lowest BCUT2D eigenvalue weighted by Crippen LogP contribution is -2.15. The molecule has 1 N–H and O–H groups in total. The predicted molar refractivity (Wildman–Crippen MR) is 127 cm³/mol. The Kier molecular flexibility index (Phi) is 10.7. The highest BCUT2D eigenvalue weighted by molar-refractivity contribution is 7.99. The third-order valence-electron chi connectivity index (χ3n) is 4.25. The van der Waals surface area contributed by atoms with Crippen molar-refractivity contribution in [3.8, 4) is 11.5 Å². The fraction of sp³-hybridized carbons (Fsp3) is 0.350. The molecule has 0 fully saturated rings. The highest BCUT2D eigenvalue weighted by Gasteiger charge is 2.08. The molecule has 0 unspecified atom stereocenters. The second-order valence-corrected chi connectivity index (χ2v) is 8.36. The van der Waals surface area contributed by atoms with Crippen molar-refractivity contribution in [1.82, 2.24) is 25.5 Å². The molecule has 0 spiro atoms. The van der Waals surface area contributed by atoms with Crippen LogP contribution in [0.2, 0.25) is 10.0 Å². The highest BCUT2D eigenvalue weighted by Crippen LogP contribution is 2.30. The molecule has 7 nitrogen and oxygen atoms in total. The van der Waals surface area contributed by atoms with Gasteiger partial charge in [0.05, 0.1) is 17.2 Å².